The van der Waals surface area contributed by atoms with Crippen LogP contribution in [0.15, 0.2) is 45.9 Å². The third-order valence-electron chi connectivity index (χ3n) is 2.45. The lowest BCUT2D eigenvalue weighted by atomic mass is 10.3. The van der Waals surface area contributed by atoms with Gasteiger partial charge in [0.15, 0.2) is 0 Å². The molecule has 0 atom stereocenters. The van der Waals surface area contributed by atoms with Crippen molar-refractivity contribution >= 4 is 15.7 Å². The minimum atomic E-state index is -3.79. The van der Waals surface area contributed by atoms with Gasteiger partial charge >= 0.3 is 0 Å². The van der Waals surface area contributed by atoms with E-state index in [0.717, 1.165) is 0 Å². The third kappa shape index (κ3) is 2.88. The number of nitrogens with two attached hydrogens (primary N) is 1. The SMILES string of the molecule is COc1ccccc1NS(=O)(=O)c1ccc(CN)o1. The molecule has 102 valence electrons. The van der Waals surface area contributed by atoms with Crippen LogP contribution in [0, 0.1) is 0 Å². The molecule has 0 aliphatic heterocycles. The summed E-state index contributed by atoms with van der Waals surface area (Å²) in [6.45, 7) is 0.143. The number of hydrogen-bond donors (Lipinski definition) is 2. The van der Waals surface area contributed by atoms with Crippen molar-refractivity contribution in [3.8, 4) is 5.75 Å². The second-order valence-corrected chi connectivity index (χ2v) is 5.34. The van der Waals surface area contributed by atoms with Crippen molar-refractivity contribution in [3.63, 3.8) is 0 Å². The molecule has 0 bridgehead atoms. The Morgan fingerprint density at radius 3 is 2.63 bits per heavy atom. The van der Waals surface area contributed by atoms with Crippen LogP contribution in [0.25, 0.3) is 0 Å². The van der Waals surface area contributed by atoms with Gasteiger partial charge in [-0.2, -0.15) is 8.42 Å². The molecule has 19 heavy (non-hydrogen) atoms. The number of anilines is 1. The van der Waals surface area contributed by atoms with Gasteiger partial charge in [-0.15, -0.1) is 0 Å². The summed E-state index contributed by atoms with van der Waals surface area (Å²) in [5.41, 5.74) is 5.72. The van der Waals surface area contributed by atoms with Crippen molar-refractivity contribution in [1.82, 2.24) is 0 Å². The third-order valence-corrected chi connectivity index (χ3v) is 3.69. The lowest BCUT2D eigenvalue weighted by Crippen LogP contribution is -2.12. The van der Waals surface area contributed by atoms with Crippen molar-refractivity contribution in [2.24, 2.45) is 5.73 Å². The highest BCUT2D eigenvalue weighted by atomic mass is 32.2. The molecule has 6 nitrogen and oxygen atoms in total. The Bertz CT molecular complexity index is 664. The van der Waals surface area contributed by atoms with Gasteiger partial charge in [0, 0.05) is 0 Å². The van der Waals surface area contributed by atoms with E-state index in [1.807, 2.05) is 0 Å². The van der Waals surface area contributed by atoms with Crippen LogP contribution in [0.4, 0.5) is 5.69 Å². The minimum absolute atomic E-state index is 0.143. The highest BCUT2D eigenvalue weighted by Gasteiger charge is 2.20. The second kappa shape index (κ2) is 5.33. The van der Waals surface area contributed by atoms with Gasteiger partial charge in [0.2, 0.25) is 5.09 Å². The van der Waals surface area contributed by atoms with Crippen LogP contribution in [0.5, 0.6) is 5.75 Å². The highest BCUT2D eigenvalue weighted by molar-refractivity contribution is 7.92. The van der Waals surface area contributed by atoms with E-state index >= 15 is 0 Å². The summed E-state index contributed by atoms with van der Waals surface area (Å²) < 4.78 is 36.8. The monoisotopic (exact) mass is 282 g/mol. The van der Waals surface area contributed by atoms with Crippen molar-refractivity contribution in [2.75, 3.05) is 11.8 Å². The molecular weight excluding hydrogens is 268 g/mol. The van der Waals surface area contributed by atoms with Gasteiger partial charge in [0.05, 0.1) is 19.3 Å². The first kappa shape index (κ1) is 13.4. The fraction of sp³-hybridized carbons (Fsp3) is 0.167. The first-order valence-corrected chi connectivity index (χ1v) is 7.00. The minimum Gasteiger partial charge on any atom is -0.495 e. The molecule has 0 saturated carbocycles. The van der Waals surface area contributed by atoms with E-state index in [4.69, 9.17) is 14.9 Å². The zero-order chi connectivity index (χ0) is 13.9. The predicted octanol–water partition coefficient (Wildman–Crippen LogP) is 1.55. The molecule has 2 rings (SSSR count). The van der Waals surface area contributed by atoms with E-state index in [1.165, 1.54) is 19.2 Å². The Hall–Kier alpha value is -1.99. The number of para-hydroxylation sites is 2. The lowest BCUT2D eigenvalue weighted by Gasteiger charge is -2.09. The van der Waals surface area contributed by atoms with Crippen LogP contribution in [-0.2, 0) is 16.6 Å². The largest absolute Gasteiger partial charge is 0.495 e. The number of nitrogens with one attached hydrogen (secondary N) is 1. The van der Waals surface area contributed by atoms with E-state index in [9.17, 15) is 8.42 Å². The van der Waals surface area contributed by atoms with Crippen molar-refractivity contribution in [1.29, 1.82) is 0 Å². The number of sulfonamides is 1. The molecule has 1 heterocycles. The van der Waals surface area contributed by atoms with E-state index in [2.05, 4.69) is 4.72 Å². The maximum Gasteiger partial charge on any atom is 0.295 e. The van der Waals surface area contributed by atoms with Crippen LogP contribution in [0.2, 0.25) is 0 Å². The summed E-state index contributed by atoms with van der Waals surface area (Å²) in [6.07, 6.45) is 0. The Labute approximate surface area is 111 Å². The van der Waals surface area contributed by atoms with Crippen molar-refractivity contribution < 1.29 is 17.6 Å². The highest BCUT2D eigenvalue weighted by Crippen LogP contribution is 2.26. The van der Waals surface area contributed by atoms with E-state index < -0.39 is 10.0 Å². The summed E-state index contributed by atoms with van der Waals surface area (Å²) >= 11 is 0. The topological polar surface area (TPSA) is 94.6 Å². The summed E-state index contributed by atoms with van der Waals surface area (Å²) in [4.78, 5) is 0. The van der Waals surface area contributed by atoms with Gasteiger partial charge in [-0.05, 0) is 24.3 Å². The molecule has 0 aliphatic carbocycles. The van der Waals surface area contributed by atoms with Gasteiger partial charge in [0.1, 0.15) is 11.5 Å². The van der Waals surface area contributed by atoms with Gasteiger partial charge in [-0.3, -0.25) is 4.72 Å². The van der Waals surface area contributed by atoms with Crippen LogP contribution >= 0.6 is 0 Å². The average molecular weight is 282 g/mol. The fourth-order valence-electron chi connectivity index (χ4n) is 1.54. The molecule has 1 aromatic carbocycles. The molecule has 0 saturated heterocycles. The number of benzene rings is 1. The molecule has 0 aliphatic rings. The molecule has 0 radical (unpaired) electrons. The number of ether oxygens (including phenoxy) is 1. The second-order valence-electron chi connectivity index (χ2n) is 3.73. The summed E-state index contributed by atoms with van der Waals surface area (Å²) in [6, 6.07) is 9.59. The Balaban J connectivity index is 2.31. The Morgan fingerprint density at radius 2 is 2.00 bits per heavy atom. The van der Waals surface area contributed by atoms with E-state index in [-0.39, 0.29) is 11.6 Å². The molecule has 0 fully saturated rings. The first-order chi connectivity index (χ1) is 9.06. The van der Waals surface area contributed by atoms with Gasteiger partial charge < -0.3 is 14.9 Å². The standard InChI is InChI=1S/C12H14N2O4S/c1-17-11-5-3-2-4-10(11)14-19(15,16)12-7-6-9(8-13)18-12/h2-7,14H,8,13H2,1H3. The molecule has 1 aromatic heterocycles. The molecular formula is C12H14N2O4S. The quantitative estimate of drug-likeness (QED) is 0.867. The Kier molecular flexibility index (Phi) is 3.77. The van der Waals surface area contributed by atoms with E-state index in [0.29, 0.717) is 17.2 Å². The normalized spacial score (nSPS) is 11.3. The number of hydrogen-bond acceptors (Lipinski definition) is 5. The van der Waals surface area contributed by atoms with E-state index in [1.54, 1.807) is 24.3 Å². The fourth-order valence-corrected chi connectivity index (χ4v) is 2.56. The van der Waals surface area contributed by atoms with Crippen LogP contribution < -0.4 is 15.2 Å². The van der Waals surface area contributed by atoms with Gasteiger partial charge in [-0.1, -0.05) is 12.1 Å². The molecule has 0 amide bonds. The van der Waals surface area contributed by atoms with Crippen LogP contribution in [-0.4, -0.2) is 15.5 Å². The summed E-state index contributed by atoms with van der Waals surface area (Å²) in [5.74, 6) is 0.831. The maximum atomic E-state index is 12.1. The van der Waals surface area contributed by atoms with Crippen molar-refractivity contribution in [3.05, 3.63) is 42.2 Å². The molecule has 0 spiro atoms. The maximum absolute atomic E-state index is 12.1. The molecule has 7 heteroatoms. The first-order valence-electron chi connectivity index (χ1n) is 5.51. The number of methoxy groups -OCH3 is 1. The van der Waals surface area contributed by atoms with Crippen LogP contribution in [0.3, 0.4) is 0 Å². The zero-order valence-corrected chi connectivity index (χ0v) is 11.1. The summed E-state index contributed by atoms with van der Waals surface area (Å²) in [7, 11) is -2.32. The average Bonchev–Trinajstić information content (AvgIpc) is 2.88. The lowest BCUT2D eigenvalue weighted by molar-refractivity contribution is 0.414. The van der Waals surface area contributed by atoms with Crippen LogP contribution in [0.1, 0.15) is 5.76 Å². The Morgan fingerprint density at radius 1 is 1.26 bits per heavy atom. The summed E-state index contributed by atoms with van der Waals surface area (Å²) in [5, 5.41) is -0.182. The molecule has 2 aromatic rings. The van der Waals surface area contributed by atoms with Crippen molar-refractivity contribution in [2.45, 2.75) is 11.6 Å². The zero-order valence-electron chi connectivity index (χ0n) is 10.3. The van der Waals surface area contributed by atoms with Gasteiger partial charge in [-0.25, -0.2) is 0 Å². The van der Waals surface area contributed by atoms with Gasteiger partial charge in [0.25, 0.3) is 10.0 Å². The predicted molar refractivity (Wildman–Crippen MR) is 70.4 cm³/mol. The number of furan rings is 1. The molecule has 3 N–H and O–H groups in total. The number of rotatable bonds is 5. The molecule has 0 unspecified atom stereocenters. The smallest absolute Gasteiger partial charge is 0.295 e.